The Morgan fingerprint density at radius 1 is 1.18 bits per heavy atom. The molecule has 140 valence electrons. The summed E-state index contributed by atoms with van der Waals surface area (Å²) in [4.78, 5) is 12.7. The van der Waals surface area contributed by atoms with Gasteiger partial charge in [0.1, 0.15) is 17.3 Å². The van der Waals surface area contributed by atoms with E-state index >= 15 is 0 Å². The quantitative estimate of drug-likeness (QED) is 0.483. The van der Waals surface area contributed by atoms with Gasteiger partial charge in [-0.1, -0.05) is 23.7 Å². The number of H-pyrrole nitrogens is 1. The van der Waals surface area contributed by atoms with Gasteiger partial charge in [-0.2, -0.15) is 5.21 Å². The number of aromatic nitrogens is 4. The number of amides is 1. The van der Waals surface area contributed by atoms with Gasteiger partial charge in [0.25, 0.3) is 5.91 Å². The number of halogens is 1. The molecule has 9 heteroatoms. The molecule has 0 fully saturated rings. The summed E-state index contributed by atoms with van der Waals surface area (Å²) in [6, 6.07) is 14.4. The molecule has 3 aromatic heterocycles. The van der Waals surface area contributed by atoms with Crippen molar-refractivity contribution >= 4 is 29.2 Å². The predicted molar refractivity (Wildman–Crippen MR) is 102 cm³/mol. The summed E-state index contributed by atoms with van der Waals surface area (Å²) in [7, 11) is 0. The number of nitrogens with one attached hydrogen (secondary N) is 2. The van der Waals surface area contributed by atoms with E-state index in [1.54, 1.807) is 36.4 Å². The van der Waals surface area contributed by atoms with Crippen LogP contribution in [-0.4, -0.2) is 26.5 Å². The highest BCUT2D eigenvalue weighted by molar-refractivity contribution is 6.33. The van der Waals surface area contributed by atoms with Crippen molar-refractivity contribution in [3.63, 3.8) is 0 Å². The molecule has 1 aromatic carbocycles. The van der Waals surface area contributed by atoms with Crippen molar-refractivity contribution in [3.8, 4) is 11.3 Å². The first kappa shape index (κ1) is 17.7. The zero-order valence-corrected chi connectivity index (χ0v) is 15.2. The molecule has 0 bridgehead atoms. The second-order valence-electron chi connectivity index (χ2n) is 5.74. The van der Waals surface area contributed by atoms with Crippen molar-refractivity contribution in [2.75, 3.05) is 0 Å². The van der Waals surface area contributed by atoms with Gasteiger partial charge in [0.2, 0.25) is 5.82 Å². The minimum atomic E-state index is -0.395. The monoisotopic (exact) mass is 395 g/mol. The van der Waals surface area contributed by atoms with Crippen LogP contribution in [0.2, 0.25) is 5.02 Å². The Hall–Kier alpha value is -3.65. The van der Waals surface area contributed by atoms with Crippen LogP contribution in [0.5, 0.6) is 0 Å². The maximum Gasteiger partial charge on any atom is 0.255 e. The Morgan fingerprint density at radius 3 is 2.82 bits per heavy atom. The number of benzene rings is 1. The average Bonchev–Trinajstić information content (AvgIpc) is 3.47. The van der Waals surface area contributed by atoms with E-state index in [0.717, 1.165) is 5.56 Å². The average molecular weight is 396 g/mol. The van der Waals surface area contributed by atoms with E-state index in [1.165, 1.54) is 6.26 Å². The normalized spacial score (nSPS) is 11.5. The molecule has 8 nitrogen and oxygen atoms in total. The molecule has 0 aliphatic heterocycles. The van der Waals surface area contributed by atoms with Gasteiger partial charge in [-0.15, -0.1) is 10.2 Å². The highest BCUT2D eigenvalue weighted by Gasteiger charge is 2.18. The van der Waals surface area contributed by atoms with Crippen molar-refractivity contribution in [2.24, 2.45) is 0 Å². The van der Waals surface area contributed by atoms with Crippen LogP contribution in [0.15, 0.2) is 63.6 Å². The van der Waals surface area contributed by atoms with E-state index in [1.807, 2.05) is 18.2 Å². The van der Waals surface area contributed by atoms with Crippen molar-refractivity contribution in [3.05, 3.63) is 77.2 Å². The molecule has 0 saturated carbocycles. The lowest BCUT2D eigenvalue weighted by molar-refractivity contribution is -0.115. The second kappa shape index (κ2) is 7.93. The number of rotatable bonds is 6. The maximum atomic E-state index is 12.7. The first-order chi connectivity index (χ1) is 13.7. The molecule has 0 saturated heterocycles. The van der Waals surface area contributed by atoms with Gasteiger partial charge in [-0.3, -0.25) is 4.79 Å². The molecule has 0 spiro atoms. The highest BCUT2D eigenvalue weighted by atomic mass is 35.5. The van der Waals surface area contributed by atoms with Gasteiger partial charge in [-0.05, 0) is 47.7 Å². The zero-order chi connectivity index (χ0) is 19.3. The van der Waals surface area contributed by atoms with Gasteiger partial charge >= 0.3 is 0 Å². The topological polar surface area (TPSA) is 110 Å². The van der Waals surface area contributed by atoms with Crippen LogP contribution >= 0.6 is 11.6 Å². The number of furan rings is 2. The van der Waals surface area contributed by atoms with Crippen LogP contribution in [0, 0.1) is 0 Å². The first-order valence-electron chi connectivity index (χ1n) is 8.31. The molecule has 4 rings (SSSR count). The smallest absolute Gasteiger partial charge is 0.255 e. The second-order valence-corrected chi connectivity index (χ2v) is 6.14. The molecule has 2 N–H and O–H groups in total. The summed E-state index contributed by atoms with van der Waals surface area (Å²) < 4.78 is 11.1. The lowest BCUT2D eigenvalue weighted by Crippen LogP contribution is -2.24. The number of aromatic amines is 1. The van der Waals surface area contributed by atoms with E-state index in [0.29, 0.717) is 22.3 Å². The number of carbonyl (C=O) groups excluding carboxylic acids is 1. The van der Waals surface area contributed by atoms with Crippen LogP contribution in [-0.2, 0) is 11.3 Å². The van der Waals surface area contributed by atoms with Crippen LogP contribution in [0.3, 0.4) is 0 Å². The Bertz CT molecular complexity index is 1100. The predicted octanol–water partition coefficient (Wildman–Crippen LogP) is 3.56. The fourth-order valence-electron chi connectivity index (χ4n) is 2.56. The SMILES string of the molecule is O=C(NCc1ccco1)/C(=C/c1ccc(-c2ccccc2Cl)o1)c1nn[nH]n1. The molecule has 1 amide bonds. The van der Waals surface area contributed by atoms with Gasteiger partial charge < -0.3 is 14.2 Å². The molecule has 0 unspecified atom stereocenters. The number of carbonyl (C=O) groups is 1. The Kier molecular flexibility index (Phi) is 5.03. The standard InChI is InChI=1S/C19H14ClN5O3/c20-16-6-2-1-5-14(16)17-8-7-12(28-17)10-15(18-22-24-25-23-18)19(26)21-11-13-4-3-9-27-13/h1-10H,11H2,(H,21,26)(H,22,23,24,25)/b15-10+. The summed E-state index contributed by atoms with van der Waals surface area (Å²) in [6.07, 6.45) is 3.08. The van der Waals surface area contributed by atoms with E-state index < -0.39 is 5.91 Å². The number of tetrazole rings is 1. The molecule has 28 heavy (non-hydrogen) atoms. The third kappa shape index (κ3) is 3.86. The summed E-state index contributed by atoms with van der Waals surface area (Å²) in [6.45, 7) is 0.226. The molecule has 0 radical (unpaired) electrons. The highest BCUT2D eigenvalue weighted by Crippen LogP contribution is 2.30. The van der Waals surface area contributed by atoms with Crippen molar-refractivity contribution in [1.82, 2.24) is 25.9 Å². The van der Waals surface area contributed by atoms with Crippen LogP contribution in [0.1, 0.15) is 17.3 Å². The molecular formula is C19H14ClN5O3. The number of hydrogen-bond acceptors (Lipinski definition) is 6. The van der Waals surface area contributed by atoms with E-state index in [-0.39, 0.29) is 17.9 Å². The minimum absolute atomic E-state index is 0.146. The first-order valence-corrected chi connectivity index (χ1v) is 8.69. The minimum Gasteiger partial charge on any atom is -0.467 e. The van der Waals surface area contributed by atoms with Crippen molar-refractivity contribution < 1.29 is 13.6 Å². The van der Waals surface area contributed by atoms with Crippen molar-refractivity contribution in [2.45, 2.75) is 6.54 Å². The Labute approximate surface area is 164 Å². The Morgan fingerprint density at radius 2 is 2.07 bits per heavy atom. The van der Waals surface area contributed by atoms with E-state index in [2.05, 4.69) is 25.9 Å². The Balaban J connectivity index is 1.61. The van der Waals surface area contributed by atoms with Crippen LogP contribution in [0.25, 0.3) is 23.0 Å². The third-order valence-electron chi connectivity index (χ3n) is 3.89. The van der Waals surface area contributed by atoms with E-state index in [9.17, 15) is 4.79 Å². The van der Waals surface area contributed by atoms with Gasteiger partial charge in [-0.25, -0.2) is 0 Å². The summed E-state index contributed by atoms with van der Waals surface area (Å²) in [5.41, 5.74) is 0.951. The maximum absolute atomic E-state index is 12.7. The van der Waals surface area contributed by atoms with Gasteiger partial charge in [0, 0.05) is 5.56 Å². The number of nitrogens with zero attached hydrogens (tertiary/aromatic N) is 3. The van der Waals surface area contributed by atoms with Gasteiger partial charge in [0.15, 0.2) is 0 Å². The lowest BCUT2D eigenvalue weighted by Gasteiger charge is -2.04. The fraction of sp³-hybridized carbons (Fsp3) is 0.0526. The van der Waals surface area contributed by atoms with E-state index in [4.69, 9.17) is 20.4 Å². The fourth-order valence-corrected chi connectivity index (χ4v) is 2.79. The third-order valence-corrected chi connectivity index (χ3v) is 4.22. The zero-order valence-electron chi connectivity index (χ0n) is 14.4. The summed E-state index contributed by atoms with van der Waals surface area (Å²) >= 11 is 6.21. The molecule has 0 atom stereocenters. The molecular weight excluding hydrogens is 382 g/mol. The number of hydrogen-bond donors (Lipinski definition) is 2. The largest absolute Gasteiger partial charge is 0.467 e. The van der Waals surface area contributed by atoms with Crippen molar-refractivity contribution in [1.29, 1.82) is 0 Å². The lowest BCUT2D eigenvalue weighted by atomic mass is 10.2. The van der Waals surface area contributed by atoms with Crippen LogP contribution in [0.4, 0.5) is 0 Å². The summed E-state index contributed by atoms with van der Waals surface area (Å²) in [5.74, 6) is 1.41. The summed E-state index contributed by atoms with van der Waals surface area (Å²) in [5, 5.41) is 17.0. The molecule has 0 aliphatic rings. The van der Waals surface area contributed by atoms with Crippen LogP contribution < -0.4 is 5.32 Å². The molecule has 0 aliphatic carbocycles. The molecule has 3 heterocycles. The molecule has 4 aromatic rings. The van der Waals surface area contributed by atoms with Gasteiger partial charge in [0.05, 0.1) is 23.4 Å².